The molecule has 0 bridgehead atoms. The zero-order valence-corrected chi connectivity index (χ0v) is 10.4. The topological polar surface area (TPSA) is 69.5 Å². The molecule has 1 N–H and O–H groups in total. The van der Waals surface area contributed by atoms with Gasteiger partial charge in [-0.15, -0.1) is 0 Å². The van der Waals surface area contributed by atoms with Crippen LogP contribution in [-0.2, 0) is 9.63 Å². The summed E-state index contributed by atoms with van der Waals surface area (Å²) in [6, 6.07) is -0.271. The van der Waals surface area contributed by atoms with E-state index in [9.17, 15) is 4.79 Å². The first kappa shape index (κ1) is 12.0. The van der Waals surface area contributed by atoms with E-state index < -0.39 is 0 Å². The molecule has 3 rings (SSSR count). The molecule has 3 heterocycles. The third-order valence-electron chi connectivity index (χ3n) is 3.72. The summed E-state index contributed by atoms with van der Waals surface area (Å²) in [5, 5.41) is 12.3. The lowest BCUT2D eigenvalue weighted by atomic mass is 9.98. The molecule has 0 aromatic rings. The number of fused-ring (bicyclic) bond motifs is 1. The largest absolute Gasteiger partial charge is 0.304 e. The van der Waals surface area contributed by atoms with Crippen molar-refractivity contribution >= 4 is 5.91 Å². The van der Waals surface area contributed by atoms with E-state index >= 15 is 0 Å². The first-order valence-electron chi connectivity index (χ1n) is 6.68. The van der Waals surface area contributed by atoms with Gasteiger partial charge in [0.2, 0.25) is 0 Å². The van der Waals surface area contributed by atoms with Crippen molar-refractivity contribution in [3.8, 4) is 0 Å². The minimum Gasteiger partial charge on any atom is -0.304 e. The van der Waals surface area contributed by atoms with Crippen LogP contribution in [0.4, 0.5) is 0 Å². The molecule has 7 heteroatoms. The summed E-state index contributed by atoms with van der Waals surface area (Å²) in [5.74, 6) is -0.117. The number of nitrogens with zero attached hydrogens (tertiary/aromatic N) is 4. The fourth-order valence-corrected chi connectivity index (χ4v) is 2.66. The van der Waals surface area contributed by atoms with Crippen LogP contribution < -0.4 is 5.32 Å². The SMILES string of the molecule is O=C1C2NCCCC2N=NN1OCN1CCCC1. The van der Waals surface area contributed by atoms with Gasteiger partial charge >= 0.3 is 0 Å². The Kier molecular flexibility index (Phi) is 3.53. The Morgan fingerprint density at radius 1 is 1.33 bits per heavy atom. The van der Waals surface area contributed by atoms with Gasteiger partial charge in [0, 0.05) is 13.1 Å². The van der Waals surface area contributed by atoms with E-state index in [0.29, 0.717) is 6.73 Å². The predicted octanol–water partition coefficient (Wildman–Crippen LogP) is 0.301. The number of amides is 1. The summed E-state index contributed by atoms with van der Waals surface area (Å²) >= 11 is 0. The average molecular weight is 253 g/mol. The molecule has 2 saturated heterocycles. The second-order valence-electron chi connectivity index (χ2n) is 5.04. The van der Waals surface area contributed by atoms with Gasteiger partial charge in [0.15, 0.2) is 0 Å². The van der Waals surface area contributed by atoms with Crippen molar-refractivity contribution in [3.05, 3.63) is 0 Å². The standard InChI is InChI=1S/C11H19N5O2/c17-11-10-9(4-3-5-12-10)13-14-16(11)18-8-15-6-1-2-7-15/h9-10,12H,1-8H2. The molecule has 0 aromatic heterocycles. The fourth-order valence-electron chi connectivity index (χ4n) is 2.66. The number of likely N-dealkylation sites (tertiary alicyclic amines) is 1. The van der Waals surface area contributed by atoms with Crippen molar-refractivity contribution in [1.82, 2.24) is 15.4 Å². The Labute approximate surface area is 106 Å². The number of carbonyl (C=O) groups is 1. The Hall–Kier alpha value is -1.05. The monoisotopic (exact) mass is 253 g/mol. The van der Waals surface area contributed by atoms with Gasteiger partial charge < -0.3 is 5.32 Å². The molecule has 2 atom stereocenters. The van der Waals surface area contributed by atoms with E-state index in [1.165, 1.54) is 12.8 Å². The zero-order valence-electron chi connectivity index (χ0n) is 10.4. The van der Waals surface area contributed by atoms with Gasteiger partial charge in [0.25, 0.3) is 5.91 Å². The van der Waals surface area contributed by atoms with Crippen molar-refractivity contribution in [3.63, 3.8) is 0 Å². The van der Waals surface area contributed by atoms with Crippen molar-refractivity contribution in [2.75, 3.05) is 26.4 Å². The summed E-state index contributed by atoms with van der Waals surface area (Å²) < 4.78 is 0. The maximum Gasteiger partial charge on any atom is 0.289 e. The smallest absolute Gasteiger partial charge is 0.289 e. The summed E-state index contributed by atoms with van der Waals surface area (Å²) in [6.45, 7) is 3.34. The lowest BCUT2D eigenvalue weighted by Crippen LogP contribution is -2.56. The van der Waals surface area contributed by atoms with E-state index in [4.69, 9.17) is 4.84 Å². The van der Waals surface area contributed by atoms with Crippen molar-refractivity contribution in [1.29, 1.82) is 0 Å². The second-order valence-corrected chi connectivity index (χ2v) is 5.04. The van der Waals surface area contributed by atoms with Gasteiger partial charge in [-0.05, 0) is 37.5 Å². The predicted molar refractivity (Wildman–Crippen MR) is 63.3 cm³/mol. The van der Waals surface area contributed by atoms with Gasteiger partial charge in [0.05, 0.1) is 6.04 Å². The number of hydrogen-bond donors (Lipinski definition) is 1. The molecule has 100 valence electrons. The van der Waals surface area contributed by atoms with Crippen LogP contribution in [0.5, 0.6) is 0 Å². The number of hydrogen-bond acceptors (Lipinski definition) is 6. The number of rotatable bonds is 3. The number of carbonyl (C=O) groups excluding carboxylic acids is 1. The molecule has 0 aromatic carbocycles. The Morgan fingerprint density at radius 2 is 2.17 bits per heavy atom. The lowest BCUT2D eigenvalue weighted by molar-refractivity contribution is -0.212. The zero-order chi connectivity index (χ0) is 12.4. The first-order valence-corrected chi connectivity index (χ1v) is 6.68. The molecule has 0 aliphatic carbocycles. The molecule has 3 aliphatic heterocycles. The molecule has 7 nitrogen and oxygen atoms in total. The maximum atomic E-state index is 12.1. The molecule has 0 spiro atoms. The van der Waals surface area contributed by atoms with E-state index in [-0.39, 0.29) is 18.0 Å². The quantitative estimate of drug-likeness (QED) is 0.785. The average Bonchev–Trinajstić information content (AvgIpc) is 2.91. The lowest BCUT2D eigenvalue weighted by Gasteiger charge is -2.33. The van der Waals surface area contributed by atoms with Crippen LogP contribution in [0.2, 0.25) is 0 Å². The second kappa shape index (κ2) is 5.29. The number of piperidine rings is 1. The molecule has 0 radical (unpaired) electrons. The molecule has 0 saturated carbocycles. The minimum absolute atomic E-state index is 0.0158. The highest BCUT2D eigenvalue weighted by molar-refractivity contribution is 5.82. The van der Waals surface area contributed by atoms with Crippen molar-refractivity contribution in [2.24, 2.45) is 10.3 Å². The first-order chi connectivity index (χ1) is 8.84. The molecule has 2 unspecified atom stereocenters. The van der Waals surface area contributed by atoms with Crippen LogP contribution in [0, 0.1) is 0 Å². The summed E-state index contributed by atoms with van der Waals surface area (Å²) in [6.07, 6.45) is 4.37. The molecule has 1 amide bonds. The molecule has 18 heavy (non-hydrogen) atoms. The normalized spacial score (nSPS) is 32.9. The van der Waals surface area contributed by atoms with Crippen LogP contribution in [0.3, 0.4) is 0 Å². The van der Waals surface area contributed by atoms with Crippen LogP contribution in [0.15, 0.2) is 10.3 Å². The van der Waals surface area contributed by atoms with Crippen LogP contribution in [0.25, 0.3) is 0 Å². The highest BCUT2D eigenvalue weighted by Crippen LogP contribution is 2.20. The summed E-state index contributed by atoms with van der Waals surface area (Å²) in [4.78, 5) is 19.7. The van der Waals surface area contributed by atoms with Crippen LogP contribution in [0.1, 0.15) is 25.7 Å². The third kappa shape index (κ3) is 2.38. The number of hydroxylamine groups is 1. The summed E-state index contributed by atoms with van der Waals surface area (Å²) in [7, 11) is 0. The van der Waals surface area contributed by atoms with Gasteiger partial charge in [-0.25, -0.2) is 4.84 Å². The Morgan fingerprint density at radius 3 is 3.00 bits per heavy atom. The van der Waals surface area contributed by atoms with Gasteiger partial charge in [-0.1, -0.05) is 5.17 Å². The molecular weight excluding hydrogens is 234 g/mol. The highest BCUT2D eigenvalue weighted by atomic mass is 16.7. The molecule has 3 aliphatic rings. The van der Waals surface area contributed by atoms with E-state index in [2.05, 4.69) is 20.6 Å². The Balaban J connectivity index is 1.57. The van der Waals surface area contributed by atoms with Crippen molar-refractivity contribution in [2.45, 2.75) is 37.8 Å². The van der Waals surface area contributed by atoms with Crippen LogP contribution >= 0.6 is 0 Å². The van der Waals surface area contributed by atoms with Gasteiger partial charge in [-0.3, -0.25) is 9.69 Å². The van der Waals surface area contributed by atoms with E-state index in [1.807, 2.05) is 0 Å². The number of nitrogens with one attached hydrogen (secondary N) is 1. The van der Waals surface area contributed by atoms with E-state index in [0.717, 1.165) is 37.6 Å². The molecular formula is C11H19N5O2. The maximum absolute atomic E-state index is 12.1. The van der Waals surface area contributed by atoms with E-state index in [1.54, 1.807) is 0 Å². The third-order valence-corrected chi connectivity index (χ3v) is 3.72. The van der Waals surface area contributed by atoms with Crippen molar-refractivity contribution < 1.29 is 9.63 Å². The highest BCUT2D eigenvalue weighted by Gasteiger charge is 2.38. The minimum atomic E-state index is -0.255. The van der Waals surface area contributed by atoms with Crippen LogP contribution in [-0.4, -0.2) is 54.4 Å². The van der Waals surface area contributed by atoms with Gasteiger partial charge in [0.1, 0.15) is 12.8 Å². The Bertz CT molecular complexity index is 342. The summed E-state index contributed by atoms with van der Waals surface area (Å²) in [5.41, 5.74) is 0. The fraction of sp³-hybridized carbons (Fsp3) is 0.909. The van der Waals surface area contributed by atoms with Gasteiger partial charge in [-0.2, -0.15) is 5.11 Å². The molecule has 2 fully saturated rings.